The van der Waals surface area contributed by atoms with E-state index in [9.17, 15) is 0 Å². The van der Waals surface area contributed by atoms with Gasteiger partial charge in [0.15, 0.2) is 11.5 Å². The van der Waals surface area contributed by atoms with Gasteiger partial charge in [0, 0.05) is 11.5 Å². The predicted octanol–water partition coefficient (Wildman–Crippen LogP) is 2.97. The Bertz CT molecular complexity index is 512. The third-order valence-electron chi connectivity index (χ3n) is 5.55. The van der Waals surface area contributed by atoms with Gasteiger partial charge in [0.25, 0.3) is 0 Å². The summed E-state index contributed by atoms with van der Waals surface area (Å²) in [6.07, 6.45) is 6.68. The monoisotopic (exact) mass is 273 g/mol. The predicted molar refractivity (Wildman–Crippen MR) is 78.6 cm³/mol. The van der Waals surface area contributed by atoms with Crippen molar-refractivity contribution in [1.29, 1.82) is 0 Å². The first-order valence-electron chi connectivity index (χ1n) is 7.90. The number of nitrogens with zero attached hydrogens (tertiary/aromatic N) is 1. The van der Waals surface area contributed by atoms with Gasteiger partial charge in [-0.1, -0.05) is 18.9 Å². The van der Waals surface area contributed by atoms with Gasteiger partial charge >= 0.3 is 0 Å². The lowest BCUT2D eigenvalue weighted by Crippen LogP contribution is -2.43. The Balaban J connectivity index is 1.75. The minimum Gasteiger partial charge on any atom is -0.486 e. The molecule has 0 aromatic heterocycles. The summed E-state index contributed by atoms with van der Waals surface area (Å²) in [4.78, 5) is 2.57. The number of hydrogen-bond acceptors (Lipinski definition) is 3. The number of benzene rings is 1. The van der Waals surface area contributed by atoms with Crippen molar-refractivity contribution in [2.45, 2.75) is 43.6 Å². The van der Waals surface area contributed by atoms with Gasteiger partial charge in [0.2, 0.25) is 0 Å². The zero-order valence-electron chi connectivity index (χ0n) is 12.2. The lowest BCUT2D eigenvalue weighted by molar-refractivity contribution is 0.167. The Morgan fingerprint density at radius 1 is 1.10 bits per heavy atom. The van der Waals surface area contributed by atoms with Gasteiger partial charge in [-0.15, -0.1) is 0 Å². The molecule has 2 unspecified atom stereocenters. The van der Waals surface area contributed by atoms with E-state index in [1.165, 1.54) is 44.2 Å². The van der Waals surface area contributed by atoms with Crippen molar-refractivity contribution < 1.29 is 9.47 Å². The minimum atomic E-state index is 0.350. The van der Waals surface area contributed by atoms with E-state index in [1.54, 1.807) is 0 Å². The zero-order valence-corrected chi connectivity index (χ0v) is 12.2. The first-order chi connectivity index (χ1) is 9.79. The van der Waals surface area contributed by atoms with Crippen molar-refractivity contribution in [2.24, 2.45) is 0 Å². The fourth-order valence-corrected chi connectivity index (χ4v) is 4.52. The average molecular weight is 273 g/mol. The van der Waals surface area contributed by atoms with Crippen LogP contribution in [0.5, 0.6) is 11.5 Å². The van der Waals surface area contributed by atoms with Gasteiger partial charge < -0.3 is 14.4 Å². The summed E-state index contributed by atoms with van der Waals surface area (Å²) in [5.74, 6) is 1.86. The van der Waals surface area contributed by atoms with Crippen LogP contribution in [0.25, 0.3) is 0 Å². The quantitative estimate of drug-likeness (QED) is 0.785. The van der Waals surface area contributed by atoms with E-state index in [4.69, 9.17) is 9.47 Å². The first-order valence-corrected chi connectivity index (χ1v) is 7.90. The molecule has 1 aliphatic carbocycles. The molecule has 2 heterocycles. The Morgan fingerprint density at radius 2 is 1.95 bits per heavy atom. The lowest BCUT2D eigenvalue weighted by atomic mass is 9.66. The lowest BCUT2D eigenvalue weighted by Gasteiger charge is -2.42. The largest absolute Gasteiger partial charge is 0.486 e. The Hall–Kier alpha value is -1.22. The molecule has 2 atom stereocenters. The van der Waals surface area contributed by atoms with E-state index in [-0.39, 0.29) is 0 Å². The van der Waals surface area contributed by atoms with E-state index in [1.807, 2.05) is 0 Å². The SMILES string of the molecule is CN1CCC2(c3ccc4c(c3)OCCO4)CCCCC12. The van der Waals surface area contributed by atoms with Crippen LogP contribution in [0.15, 0.2) is 18.2 Å². The average Bonchev–Trinajstić information content (AvgIpc) is 2.86. The van der Waals surface area contributed by atoms with Gasteiger partial charge in [-0.05, 0) is 50.6 Å². The normalized spacial score (nSPS) is 33.0. The van der Waals surface area contributed by atoms with Crippen LogP contribution in [0.4, 0.5) is 0 Å². The summed E-state index contributed by atoms with van der Waals surface area (Å²) in [5, 5.41) is 0. The van der Waals surface area contributed by atoms with E-state index >= 15 is 0 Å². The van der Waals surface area contributed by atoms with Gasteiger partial charge in [-0.2, -0.15) is 0 Å². The highest BCUT2D eigenvalue weighted by Gasteiger charge is 2.48. The van der Waals surface area contributed by atoms with Crippen molar-refractivity contribution in [2.75, 3.05) is 26.8 Å². The number of hydrogen-bond donors (Lipinski definition) is 0. The second-order valence-corrected chi connectivity index (χ2v) is 6.51. The fourth-order valence-electron chi connectivity index (χ4n) is 4.52. The third kappa shape index (κ3) is 1.76. The van der Waals surface area contributed by atoms with Crippen LogP contribution >= 0.6 is 0 Å². The van der Waals surface area contributed by atoms with Crippen molar-refractivity contribution in [3.05, 3.63) is 23.8 Å². The summed E-state index contributed by atoms with van der Waals surface area (Å²) >= 11 is 0. The molecule has 0 spiro atoms. The Labute approximate surface area is 120 Å². The first kappa shape index (κ1) is 12.5. The number of ether oxygens (including phenoxy) is 2. The number of rotatable bonds is 1. The maximum Gasteiger partial charge on any atom is 0.161 e. The summed E-state index contributed by atoms with van der Waals surface area (Å²) in [7, 11) is 2.29. The molecule has 1 aromatic carbocycles. The smallest absolute Gasteiger partial charge is 0.161 e. The molecule has 1 saturated heterocycles. The van der Waals surface area contributed by atoms with Gasteiger partial charge in [-0.25, -0.2) is 0 Å². The molecule has 3 nitrogen and oxygen atoms in total. The molecule has 2 fully saturated rings. The summed E-state index contributed by atoms with van der Waals surface area (Å²) in [6, 6.07) is 7.36. The van der Waals surface area contributed by atoms with Crippen molar-refractivity contribution in [1.82, 2.24) is 4.90 Å². The van der Waals surface area contributed by atoms with Crippen molar-refractivity contribution in [3.8, 4) is 11.5 Å². The van der Waals surface area contributed by atoms with Crippen molar-refractivity contribution >= 4 is 0 Å². The second kappa shape index (κ2) is 4.66. The van der Waals surface area contributed by atoms with Crippen LogP contribution in [-0.2, 0) is 5.41 Å². The maximum atomic E-state index is 5.79. The van der Waals surface area contributed by atoms with Crippen LogP contribution < -0.4 is 9.47 Å². The summed E-state index contributed by atoms with van der Waals surface area (Å²) in [6.45, 7) is 2.56. The maximum absolute atomic E-state index is 5.79. The summed E-state index contributed by atoms with van der Waals surface area (Å²) < 4.78 is 11.4. The Morgan fingerprint density at radius 3 is 2.85 bits per heavy atom. The highest BCUT2D eigenvalue weighted by atomic mass is 16.6. The highest BCUT2D eigenvalue weighted by molar-refractivity contribution is 5.47. The fraction of sp³-hybridized carbons (Fsp3) is 0.647. The Kier molecular flexibility index (Phi) is 2.92. The number of likely N-dealkylation sites (tertiary alicyclic amines) is 1. The minimum absolute atomic E-state index is 0.350. The molecular weight excluding hydrogens is 250 g/mol. The van der Waals surface area contributed by atoms with Crippen LogP contribution in [0.2, 0.25) is 0 Å². The zero-order chi connectivity index (χ0) is 13.6. The molecular formula is C17H23NO2. The van der Waals surface area contributed by atoms with Crippen LogP contribution in [0, 0.1) is 0 Å². The molecule has 1 saturated carbocycles. The summed E-state index contributed by atoms with van der Waals surface area (Å²) in [5.41, 5.74) is 1.82. The molecule has 4 rings (SSSR count). The third-order valence-corrected chi connectivity index (χ3v) is 5.55. The van der Waals surface area contributed by atoms with E-state index in [0.29, 0.717) is 24.7 Å². The van der Waals surface area contributed by atoms with Crippen LogP contribution in [0.3, 0.4) is 0 Å². The van der Waals surface area contributed by atoms with E-state index < -0.39 is 0 Å². The second-order valence-electron chi connectivity index (χ2n) is 6.51. The highest BCUT2D eigenvalue weighted by Crippen LogP contribution is 2.49. The van der Waals surface area contributed by atoms with Crippen LogP contribution in [-0.4, -0.2) is 37.7 Å². The molecule has 108 valence electrons. The van der Waals surface area contributed by atoms with Crippen molar-refractivity contribution in [3.63, 3.8) is 0 Å². The number of likely N-dealkylation sites (N-methyl/N-ethyl adjacent to an activating group) is 1. The van der Waals surface area contributed by atoms with E-state index in [2.05, 4.69) is 30.1 Å². The number of fused-ring (bicyclic) bond motifs is 2. The molecule has 20 heavy (non-hydrogen) atoms. The molecule has 2 aliphatic heterocycles. The molecule has 0 radical (unpaired) electrons. The van der Waals surface area contributed by atoms with Gasteiger partial charge in [0.1, 0.15) is 13.2 Å². The standard InChI is InChI=1S/C17H23NO2/c1-18-9-8-17(7-3-2-4-16(17)18)13-5-6-14-15(12-13)20-11-10-19-14/h5-6,12,16H,2-4,7-11H2,1H3. The topological polar surface area (TPSA) is 21.7 Å². The van der Waals surface area contributed by atoms with E-state index in [0.717, 1.165) is 11.5 Å². The molecule has 0 bridgehead atoms. The van der Waals surface area contributed by atoms with Gasteiger partial charge in [-0.3, -0.25) is 0 Å². The molecule has 3 heteroatoms. The molecule has 3 aliphatic rings. The molecule has 0 N–H and O–H groups in total. The van der Waals surface area contributed by atoms with Gasteiger partial charge in [0.05, 0.1) is 0 Å². The molecule has 0 amide bonds. The van der Waals surface area contributed by atoms with Crippen LogP contribution in [0.1, 0.15) is 37.7 Å². The molecule has 1 aromatic rings.